The number of aromatic nitrogens is 1. The highest BCUT2D eigenvalue weighted by Gasteiger charge is 2.43. The van der Waals surface area contributed by atoms with Crippen LogP contribution in [0.2, 0.25) is 0 Å². The van der Waals surface area contributed by atoms with Crippen molar-refractivity contribution >= 4 is 0 Å². The fourth-order valence-electron chi connectivity index (χ4n) is 4.70. The summed E-state index contributed by atoms with van der Waals surface area (Å²) in [5, 5.41) is 0. The predicted octanol–water partition coefficient (Wildman–Crippen LogP) is 5.18. The molecule has 3 aromatic carbocycles. The van der Waals surface area contributed by atoms with Crippen molar-refractivity contribution < 1.29 is 18.9 Å². The van der Waals surface area contributed by atoms with E-state index >= 15 is 0 Å². The minimum atomic E-state index is -0.395. The van der Waals surface area contributed by atoms with Gasteiger partial charge in [-0.3, -0.25) is 4.79 Å². The van der Waals surface area contributed by atoms with E-state index in [9.17, 15) is 4.79 Å². The summed E-state index contributed by atoms with van der Waals surface area (Å²) >= 11 is 0. The molecule has 1 aliphatic heterocycles. The third kappa shape index (κ3) is 7.05. The van der Waals surface area contributed by atoms with Crippen LogP contribution in [0.5, 0.6) is 0 Å². The third-order valence-electron chi connectivity index (χ3n) is 6.72. The van der Waals surface area contributed by atoms with Gasteiger partial charge in [0.1, 0.15) is 18.3 Å². The van der Waals surface area contributed by atoms with Crippen LogP contribution in [-0.4, -0.2) is 36.1 Å². The number of rotatable bonds is 11. The second kappa shape index (κ2) is 13.3. The Balaban J connectivity index is 1.38. The molecule has 2 heterocycles. The summed E-state index contributed by atoms with van der Waals surface area (Å²) in [6, 6.07) is 33.2. The Morgan fingerprint density at radius 1 is 0.658 bits per heavy atom. The molecule has 4 aromatic rings. The summed E-state index contributed by atoms with van der Waals surface area (Å²) in [5.74, 6) is 0. The first-order chi connectivity index (χ1) is 18.8. The SMILES string of the molecule is O=c1ccn([C@@H]2CO[C@H](COCc3ccccc3)[C@H](OCc3ccccc3)[C@@H]2OCc2ccccc2)cc1. The Kier molecular flexibility index (Phi) is 9.13. The number of ether oxygens (including phenoxy) is 4. The Hall–Kier alpha value is -3.55. The van der Waals surface area contributed by atoms with E-state index in [4.69, 9.17) is 18.9 Å². The second-order valence-electron chi connectivity index (χ2n) is 9.44. The Morgan fingerprint density at radius 2 is 1.16 bits per heavy atom. The lowest BCUT2D eigenvalue weighted by molar-refractivity contribution is -0.215. The summed E-state index contributed by atoms with van der Waals surface area (Å²) in [5.41, 5.74) is 3.22. The van der Waals surface area contributed by atoms with Gasteiger partial charge in [-0.2, -0.15) is 0 Å². The quantitative estimate of drug-likeness (QED) is 0.278. The van der Waals surface area contributed by atoms with Crippen molar-refractivity contribution in [1.82, 2.24) is 4.57 Å². The van der Waals surface area contributed by atoms with Crippen LogP contribution >= 0.6 is 0 Å². The fraction of sp³-hybridized carbons (Fsp3) is 0.281. The minimum absolute atomic E-state index is 0.0382. The van der Waals surface area contributed by atoms with Gasteiger partial charge in [0.15, 0.2) is 5.43 Å². The van der Waals surface area contributed by atoms with Crippen molar-refractivity contribution in [3.8, 4) is 0 Å². The highest BCUT2D eigenvalue weighted by molar-refractivity contribution is 5.15. The summed E-state index contributed by atoms with van der Waals surface area (Å²) in [6.45, 7) is 2.13. The Bertz CT molecular complexity index is 1280. The highest BCUT2D eigenvalue weighted by Crippen LogP contribution is 2.31. The van der Waals surface area contributed by atoms with E-state index in [1.807, 2.05) is 95.6 Å². The molecule has 0 N–H and O–H groups in total. The Morgan fingerprint density at radius 3 is 1.71 bits per heavy atom. The van der Waals surface area contributed by atoms with E-state index in [0.29, 0.717) is 33.0 Å². The van der Waals surface area contributed by atoms with Crippen LogP contribution in [0.15, 0.2) is 120 Å². The topological polar surface area (TPSA) is 58.9 Å². The lowest BCUT2D eigenvalue weighted by Crippen LogP contribution is -2.54. The van der Waals surface area contributed by atoms with Gasteiger partial charge < -0.3 is 23.5 Å². The zero-order chi connectivity index (χ0) is 26.0. The zero-order valence-electron chi connectivity index (χ0n) is 21.3. The smallest absolute Gasteiger partial charge is 0.181 e. The number of hydrogen-bond acceptors (Lipinski definition) is 5. The van der Waals surface area contributed by atoms with Crippen LogP contribution in [-0.2, 0) is 38.8 Å². The van der Waals surface area contributed by atoms with E-state index in [1.165, 1.54) is 0 Å². The maximum Gasteiger partial charge on any atom is 0.181 e. The summed E-state index contributed by atoms with van der Waals surface area (Å²) < 4.78 is 27.6. The molecule has 1 aliphatic rings. The van der Waals surface area contributed by atoms with E-state index in [2.05, 4.69) is 0 Å². The van der Waals surface area contributed by atoms with Crippen molar-refractivity contribution in [3.05, 3.63) is 142 Å². The molecule has 1 fully saturated rings. The summed E-state index contributed by atoms with van der Waals surface area (Å²) in [6.07, 6.45) is 2.53. The molecular formula is C32H33NO5. The Labute approximate surface area is 223 Å². The van der Waals surface area contributed by atoms with Crippen LogP contribution in [0.25, 0.3) is 0 Å². The lowest BCUT2D eigenvalue weighted by Gasteiger charge is -2.43. The van der Waals surface area contributed by atoms with Gasteiger partial charge in [0.2, 0.25) is 0 Å². The summed E-state index contributed by atoms with van der Waals surface area (Å²) in [7, 11) is 0. The standard InChI is InChI=1S/C32H33NO5/c34-28-16-18-33(19-17-28)29-23-36-30(24-35-20-25-10-4-1-5-11-25)32(38-22-27-14-8-3-9-15-27)31(29)37-21-26-12-6-2-7-13-26/h1-19,29-32H,20-24H2/t29-,30-,31-,32+/m1/s1. The van der Waals surface area contributed by atoms with Crippen LogP contribution in [0.3, 0.4) is 0 Å². The first-order valence-corrected chi connectivity index (χ1v) is 13.0. The average Bonchev–Trinajstić information content (AvgIpc) is 2.97. The average molecular weight is 512 g/mol. The molecule has 196 valence electrons. The number of nitrogens with zero attached hydrogens (tertiary/aromatic N) is 1. The molecule has 0 radical (unpaired) electrons. The first-order valence-electron chi connectivity index (χ1n) is 13.0. The lowest BCUT2D eigenvalue weighted by atomic mass is 9.97. The van der Waals surface area contributed by atoms with Crippen molar-refractivity contribution in [2.24, 2.45) is 0 Å². The predicted molar refractivity (Wildman–Crippen MR) is 146 cm³/mol. The van der Waals surface area contributed by atoms with Gasteiger partial charge in [-0.05, 0) is 16.7 Å². The maximum atomic E-state index is 11.8. The van der Waals surface area contributed by atoms with Gasteiger partial charge in [-0.15, -0.1) is 0 Å². The van der Waals surface area contributed by atoms with E-state index in [-0.39, 0.29) is 23.7 Å². The normalized spacial score (nSPS) is 21.3. The van der Waals surface area contributed by atoms with Gasteiger partial charge in [0.05, 0.1) is 39.1 Å². The maximum absolute atomic E-state index is 11.8. The number of benzene rings is 3. The molecule has 0 spiro atoms. The molecule has 6 heteroatoms. The van der Waals surface area contributed by atoms with Crippen LogP contribution in [0.4, 0.5) is 0 Å². The van der Waals surface area contributed by atoms with Crippen molar-refractivity contribution in [2.45, 2.75) is 44.2 Å². The number of pyridine rings is 1. The largest absolute Gasteiger partial charge is 0.374 e. The van der Waals surface area contributed by atoms with E-state index in [0.717, 1.165) is 16.7 Å². The molecule has 0 unspecified atom stereocenters. The molecule has 4 atom stereocenters. The minimum Gasteiger partial charge on any atom is -0.374 e. The molecule has 1 saturated heterocycles. The monoisotopic (exact) mass is 511 g/mol. The van der Waals surface area contributed by atoms with E-state index in [1.54, 1.807) is 24.5 Å². The molecular weight excluding hydrogens is 478 g/mol. The van der Waals surface area contributed by atoms with Crippen LogP contribution in [0, 0.1) is 0 Å². The van der Waals surface area contributed by atoms with Gasteiger partial charge in [0.25, 0.3) is 0 Å². The molecule has 0 bridgehead atoms. The molecule has 0 saturated carbocycles. The van der Waals surface area contributed by atoms with E-state index < -0.39 is 6.10 Å². The first kappa shape index (κ1) is 26.1. The van der Waals surface area contributed by atoms with Crippen molar-refractivity contribution in [1.29, 1.82) is 0 Å². The van der Waals surface area contributed by atoms with Crippen LogP contribution in [0.1, 0.15) is 22.7 Å². The second-order valence-corrected chi connectivity index (χ2v) is 9.44. The fourth-order valence-corrected chi connectivity index (χ4v) is 4.70. The van der Waals surface area contributed by atoms with Gasteiger partial charge >= 0.3 is 0 Å². The number of hydrogen-bond donors (Lipinski definition) is 0. The van der Waals surface area contributed by atoms with Crippen LogP contribution < -0.4 is 5.43 Å². The zero-order valence-corrected chi connectivity index (χ0v) is 21.3. The van der Waals surface area contributed by atoms with Crippen molar-refractivity contribution in [3.63, 3.8) is 0 Å². The molecule has 38 heavy (non-hydrogen) atoms. The van der Waals surface area contributed by atoms with Crippen molar-refractivity contribution in [2.75, 3.05) is 13.2 Å². The van der Waals surface area contributed by atoms with Gasteiger partial charge in [-0.1, -0.05) is 91.0 Å². The van der Waals surface area contributed by atoms with Gasteiger partial charge in [0, 0.05) is 24.5 Å². The molecule has 5 rings (SSSR count). The summed E-state index contributed by atoms with van der Waals surface area (Å²) in [4.78, 5) is 11.8. The highest BCUT2D eigenvalue weighted by atomic mass is 16.6. The molecule has 0 amide bonds. The molecule has 6 nitrogen and oxygen atoms in total. The third-order valence-corrected chi connectivity index (χ3v) is 6.72. The van der Waals surface area contributed by atoms with Gasteiger partial charge in [-0.25, -0.2) is 0 Å². The molecule has 1 aromatic heterocycles. The molecule has 0 aliphatic carbocycles.